The van der Waals surface area contributed by atoms with Gasteiger partial charge < -0.3 is 15.1 Å². The molecule has 1 aromatic rings. The number of carboxylic acids is 2. The summed E-state index contributed by atoms with van der Waals surface area (Å²) in [5.41, 5.74) is -0.360. The lowest BCUT2D eigenvalue weighted by Gasteiger charge is -2.51. The predicted molar refractivity (Wildman–Crippen MR) is 86.6 cm³/mol. The number of β-lactam (4-membered cyclic amide) rings is 1. The Kier molecular flexibility index (Phi) is 4.10. The van der Waals surface area contributed by atoms with Crippen LogP contribution in [0.1, 0.15) is 6.92 Å². The van der Waals surface area contributed by atoms with E-state index in [2.05, 4.69) is 0 Å². The summed E-state index contributed by atoms with van der Waals surface area (Å²) in [7, 11) is 0. The molecule has 2 aliphatic heterocycles. The lowest BCUT2D eigenvalue weighted by molar-refractivity contribution is -0.144. The normalized spacial score (nSPS) is 25.4. The number of thiophene rings is 1. The molecule has 1 fully saturated rings. The van der Waals surface area contributed by atoms with Crippen LogP contribution in [-0.4, -0.2) is 55.5 Å². The second-order valence-corrected chi connectivity index (χ2v) is 7.32. The standard InChI is InChI=1S/C14H12N2O6S2/c1-6(17)16(8-3-2-4-23-8)9-11(18)15-5-7(13(19)20)10(14(21)22)24-12(9)15/h2-5,9-10,12H,1H3,(H,19,20)(H,21,22)/t9?,10?,12-/m1/s1. The highest BCUT2D eigenvalue weighted by Gasteiger charge is 2.56. The molecule has 1 aromatic heterocycles. The fourth-order valence-corrected chi connectivity index (χ4v) is 4.86. The highest BCUT2D eigenvalue weighted by Crippen LogP contribution is 2.44. The number of hydrogen-bond donors (Lipinski definition) is 2. The molecule has 0 spiro atoms. The molecule has 2 aliphatic rings. The smallest absolute Gasteiger partial charge is 0.334 e. The van der Waals surface area contributed by atoms with E-state index in [-0.39, 0.29) is 11.5 Å². The van der Waals surface area contributed by atoms with E-state index in [0.717, 1.165) is 18.0 Å². The third kappa shape index (κ3) is 2.47. The number of carbonyl (C=O) groups excluding carboxylic acids is 2. The zero-order valence-corrected chi connectivity index (χ0v) is 13.9. The van der Waals surface area contributed by atoms with Gasteiger partial charge in [-0.25, -0.2) is 4.79 Å². The van der Waals surface area contributed by atoms with E-state index in [9.17, 15) is 24.3 Å². The van der Waals surface area contributed by atoms with Gasteiger partial charge in [-0.2, -0.15) is 0 Å². The van der Waals surface area contributed by atoms with Crippen molar-refractivity contribution in [2.24, 2.45) is 0 Å². The molecule has 126 valence electrons. The monoisotopic (exact) mass is 368 g/mol. The second kappa shape index (κ2) is 5.95. The first-order chi connectivity index (χ1) is 11.3. The molecule has 10 heteroatoms. The van der Waals surface area contributed by atoms with E-state index in [1.807, 2.05) is 0 Å². The number of carboxylic acid groups (broad SMARTS) is 2. The van der Waals surface area contributed by atoms with E-state index < -0.39 is 34.5 Å². The summed E-state index contributed by atoms with van der Waals surface area (Å²) in [6.45, 7) is 1.33. The number of anilines is 1. The maximum atomic E-state index is 12.4. The van der Waals surface area contributed by atoms with Crippen LogP contribution >= 0.6 is 23.1 Å². The van der Waals surface area contributed by atoms with Crippen molar-refractivity contribution in [1.82, 2.24) is 4.90 Å². The summed E-state index contributed by atoms with van der Waals surface area (Å²) < 4.78 is 0. The van der Waals surface area contributed by atoms with Gasteiger partial charge in [0.05, 0.1) is 10.6 Å². The van der Waals surface area contributed by atoms with Gasteiger partial charge in [-0.1, -0.05) is 0 Å². The Morgan fingerprint density at radius 3 is 2.50 bits per heavy atom. The number of thioether (sulfide) groups is 1. The van der Waals surface area contributed by atoms with Crippen molar-refractivity contribution in [1.29, 1.82) is 0 Å². The van der Waals surface area contributed by atoms with Crippen molar-refractivity contribution in [3.05, 3.63) is 29.3 Å². The van der Waals surface area contributed by atoms with Crippen LogP contribution in [0.2, 0.25) is 0 Å². The number of fused-ring (bicyclic) bond motifs is 1. The minimum absolute atomic E-state index is 0.337. The van der Waals surface area contributed by atoms with E-state index >= 15 is 0 Å². The quantitative estimate of drug-likeness (QED) is 0.756. The fourth-order valence-electron chi connectivity index (χ4n) is 2.67. The summed E-state index contributed by atoms with van der Waals surface area (Å²) >= 11 is 2.14. The number of amides is 2. The highest BCUT2D eigenvalue weighted by molar-refractivity contribution is 8.01. The van der Waals surface area contributed by atoms with E-state index in [0.29, 0.717) is 5.00 Å². The summed E-state index contributed by atoms with van der Waals surface area (Å²) in [5.74, 6) is -3.45. The van der Waals surface area contributed by atoms with Gasteiger partial charge in [0, 0.05) is 13.1 Å². The number of aliphatic carboxylic acids is 2. The van der Waals surface area contributed by atoms with Gasteiger partial charge in [0.2, 0.25) is 5.91 Å². The molecule has 2 amide bonds. The third-order valence-corrected chi connectivity index (χ3v) is 6.08. The van der Waals surface area contributed by atoms with Crippen LogP contribution in [0.5, 0.6) is 0 Å². The topological polar surface area (TPSA) is 115 Å². The van der Waals surface area contributed by atoms with E-state index in [4.69, 9.17) is 5.11 Å². The minimum atomic E-state index is -1.38. The van der Waals surface area contributed by atoms with Gasteiger partial charge >= 0.3 is 11.9 Å². The minimum Gasteiger partial charge on any atom is -0.480 e. The van der Waals surface area contributed by atoms with Crippen LogP contribution in [0.25, 0.3) is 0 Å². The molecule has 0 aromatic carbocycles. The summed E-state index contributed by atoms with van der Waals surface area (Å²) in [4.78, 5) is 49.5. The Balaban J connectivity index is 1.95. The molecule has 0 radical (unpaired) electrons. The Morgan fingerprint density at radius 1 is 1.29 bits per heavy atom. The summed E-state index contributed by atoms with van der Waals surface area (Å²) in [5, 5.41) is 18.8. The average molecular weight is 368 g/mol. The second-order valence-electron chi connectivity index (χ2n) is 5.17. The first-order valence-corrected chi connectivity index (χ1v) is 8.64. The molecule has 2 N–H and O–H groups in total. The van der Waals surface area contributed by atoms with Crippen molar-refractivity contribution in [3.63, 3.8) is 0 Å². The fraction of sp³-hybridized carbons (Fsp3) is 0.286. The number of nitrogens with zero attached hydrogens (tertiary/aromatic N) is 2. The zero-order valence-electron chi connectivity index (χ0n) is 12.3. The number of hydrogen-bond acceptors (Lipinski definition) is 6. The molecule has 1 saturated heterocycles. The molecule has 0 aliphatic carbocycles. The van der Waals surface area contributed by atoms with Crippen LogP contribution in [0, 0.1) is 0 Å². The van der Waals surface area contributed by atoms with Crippen LogP contribution in [0.15, 0.2) is 29.3 Å². The van der Waals surface area contributed by atoms with E-state index in [1.165, 1.54) is 28.1 Å². The SMILES string of the molecule is CC(=O)N(c1cccs1)C1C(=O)N2C=C(C(=O)O)C(C(=O)O)S[C@H]12. The molecule has 3 atom stereocenters. The third-order valence-electron chi connectivity index (χ3n) is 3.72. The maximum absolute atomic E-state index is 12.4. The van der Waals surface area contributed by atoms with Crippen molar-refractivity contribution < 1.29 is 29.4 Å². The van der Waals surface area contributed by atoms with Gasteiger partial charge in [-0.3, -0.25) is 19.3 Å². The maximum Gasteiger partial charge on any atom is 0.334 e. The summed E-state index contributed by atoms with van der Waals surface area (Å²) in [6.07, 6.45) is 1.06. The molecule has 8 nitrogen and oxygen atoms in total. The van der Waals surface area contributed by atoms with Crippen molar-refractivity contribution >= 4 is 51.9 Å². The molecule has 2 unspecified atom stereocenters. The lowest BCUT2D eigenvalue weighted by Crippen LogP contribution is -2.70. The number of carbonyl (C=O) groups is 4. The Labute approximate surface area is 144 Å². The Morgan fingerprint density at radius 2 is 2.00 bits per heavy atom. The van der Waals surface area contributed by atoms with Crippen molar-refractivity contribution in [3.8, 4) is 0 Å². The average Bonchev–Trinajstić information content (AvgIpc) is 3.03. The first-order valence-electron chi connectivity index (χ1n) is 6.81. The first kappa shape index (κ1) is 16.5. The van der Waals surface area contributed by atoms with Gasteiger partial charge in [-0.05, 0) is 17.5 Å². The van der Waals surface area contributed by atoms with Crippen molar-refractivity contribution in [2.45, 2.75) is 23.6 Å². The van der Waals surface area contributed by atoms with Crippen LogP contribution in [0.3, 0.4) is 0 Å². The molecule has 24 heavy (non-hydrogen) atoms. The van der Waals surface area contributed by atoms with Crippen LogP contribution in [0.4, 0.5) is 5.00 Å². The molecular weight excluding hydrogens is 356 g/mol. The van der Waals surface area contributed by atoms with E-state index in [1.54, 1.807) is 17.5 Å². The lowest BCUT2D eigenvalue weighted by atomic mass is 10.0. The van der Waals surface area contributed by atoms with Crippen LogP contribution < -0.4 is 4.90 Å². The predicted octanol–water partition coefficient (Wildman–Crippen LogP) is 0.806. The van der Waals surface area contributed by atoms with Gasteiger partial charge in [0.1, 0.15) is 16.7 Å². The largest absolute Gasteiger partial charge is 0.480 e. The van der Waals surface area contributed by atoms with Gasteiger partial charge in [0.25, 0.3) is 5.91 Å². The Hall–Kier alpha value is -2.33. The zero-order chi connectivity index (χ0) is 17.6. The molecular formula is C14H12N2O6S2. The number of rotatable bonds is 4. The molecule has 3 rings (SSSR count). The van der Waals surface area contributed by atoms with Gasteiger partial charge in [0.15, 0.2) is 0 Å². The summed E-state index contributed by atoms with van der Waals surface area (Å²) in [6, 6.07) is 2.59. The van der Waals surface area contributed by atoms with Gasteiger partial charge in [-0.15, -0.1) is 23.1 Å². The molecule has 3 heterocycles. The Bertz CT molecular complexity index is 759. The molecule has 0 saturated carbocycles. The van der Waals surface area contributed by atoms with Crippen molar-refractivity contribution in [2.75, 3.05) is 4.90 Å². The molecule has 0 bridgehead atoms. The highest BCUT2D eigenvalue weighted by atomic mass is 32.2. The van der Waals surface area contributed by atoms with Crippen LogP contribution in [-0.2, 0) is 19.2 Å².